The second-order valence-electron chi connectivity index (χ2n) is 5.69. The maximum atomic E-state index is 11.9. The van der Waals surface area contributed by atoms with Crippen LogP contribution in [0.25, 0.3) is 11.0 Å². The Kier molecular flexibility index (Phi) is 3.94. The van der Waals surface area contributed by atoms with Crippen LogP contribution in [0.3, 0.4) is 0 Å². The van der Waals surface area contributed by atoms with E-state index in [4.69, 9.17) is 20.8 Å². The Morgan fingerprint density at radius 3 is 3.10 bits per heavy atom. The van der Waals surface area contributed by atoms with Crippen molar-refractivity contribution in [1.29, 1.82) is 0 Å². The molecule has 0 spiro atoms. The number of benzene rings is 1. The van der Waals surface area contributed by atoms with Gasteiger partial charge in [0.25, 0.3) is 0 Å². The van der Waals surface area contributed by atoms with E-state index in [-0.39, 0.29) is 17.8 Å². The highest BCUT2D eigenvalue weighted by Crippen LogP contribution is 2.37. The molecule has 0 saturated heterocycles. The second-order valence-corrected chi connectivity index (χ2v) is 6.12. The monoisotopic (exact) mass is 306 g/mol. The van der Waals surface area contributed by atoms with Crippen LogP contribution in [0.15, 0.2) is 22.6 Å². The van der Waals surface area contributed by atoms with E-state index in [1.54, 1.807) is 0 Å². The zero-order valence-corrected chi connectivity index (χ0v) is 13.1. The molecule has 0 radical (unpaired) electrons. The summed E-state index contributed by atoms with van der Waals surface area (Å²) >= 11 is 6.07. The number of esters is 1. The fourth-order valence-corrected chi connectivity index (χ4v) is 3.35. The van der Waals surface area contributed by atoms with Crippen LogP contribution in [-0.4, -0.2) is 12.6 Å². The quantitative estimate of drug-likeness (QED) is 0.789. The summed E-state index contributed by atoms with van der Waals surface area (Å²) < 4.78 is 11.1. The molecule has 0 fully saturated rings. The molecular weight excluding hydrogens is 288 g/mol. The van der Waals surface area contributed by atoms with E-state index < -0.39 is 0 Å². The van der Waals surface area contributed by atoms with Crippen molar-refractivity contribution in [2.45, 2.75) is 33.1 Å². The van der Waals surface area contributed by atoms with Crippen LogP contribution >= 0.6 is 11.6 Å². The van der Waals surface area contributed by atoms with Crippen LogP contribution in [0.1, 0.15) is 31.6 Å². The molecule has 1 aromatic heterocycles. The molecule has 112 valence electrons. The van der Waals surface area contributed by atoms with Gasteiger partial charge in [-0.2, -0.15) is 0 Å². The van der Waals surface area contributed by atoms with E-state index in [0.29, 0.717) is 6.61 Å². The average Bonchev–Trinajstić information content (AvgIpc) is 2.83. The predicted molar refractivity (Wildman–Crippen MR) is 82.5 cm³/mol. The maximum absolute atomic E-state index is 11.9. The fraction of sp³-hybridized carbons (Fsp3) is 0.471. The van der Waals surface area contributed by atoms with Crippen molar-refractivity contribution in [2.75, 3.05) is 6.61 Å². The van der Waals surface area contributed by atoms with Crippen molar-refractivity contribution in [2.24, 2.45) is 11.8 Å². The zero-order chi connectivity index (χ0) is 15.0. The molecule has 1 aromatic carbocycles. The number of rotatable bonds is 3. The van der Waals surface area contributed by atoms with Crippen LogP contribution in [0, 0.1) is 11.8 Å². The number of furan rings is 1. The van der Waals surface area contributed by atoms with Crippen LogP contribution in [0.4, 0.5) is 0 Å². The first-order valence-electron chi connectivity index (χ1n) is 7.46. The Morgan fingerprint density at radius 2 is 2.33 bits per heavy atom. The maximum Gasteiger partial charge on any atom is 0.308 e. The van der Waals surface area contributed by atoms with E-state index in [1.165, 1.54) is 5.56 Å². The summed E-state index contributed by atoms with van der Waals surface area (Å²) in [5.74, 6) is 1.09. The van der Waals surface area contributed by atoms with Gasteiger partial charge in [0.2, 0.25) is 0 Å². The Balaban J connectivity index is 1.86. The zero-order valence-electron chi connectivity index (χ0n) is 12.3. The Morgan fingerprint density at radius 1 is 1.52 bits per heavy atom. The summed E-state index contributed by atoms with van der Waals surface area (Å²) in [5, 5.41) is 1.84. The third kappa shape index (κ3) is 2.67. The number of halogens is 1. The lowest BCUT2D eigenvalue weighted by Crippen LogP contribution is -2.27. The first-order chi connectivity index (χ1) is 10.1. The number of hydrogen-bond donors (Lipinski definition) is 0. The van der Waals surface area contributed by atoms with Crippen molar-refractivity contribution >= 4 is 28.5 Å². The van der Waals surface area contributed by atoms with Gasteiger partial charge in [-0.15, -0.1) is 0 Å². The van der Waals surface area contributed by atoms with E-state index in [9.17, 15) is 4.79 Å². The first kappa shape index (κ1) is 14.5. The molecule has 0 aliphatic heterocycles. The number of ether oxygens (including phenoxy) is 1. The van der Waals surface area contributed by atoms with Gasteiger partial charge >= 0.3 is 5.97 Å². The Bertz CT molecular complexity index is 674. The minimum atomic E-state index is -0.106. The average molecular weight is 307 g/mol. The van der Waals surface area contributed by atoms with Gasteiger partial charge in [0, 0.05) is 22.4 Å². The number of aryl methyl sites for hydroxylation is 1. The van der Waals surface area contributed by atoms with Gasteiger partial charge in [0.1, 0.15) is 11.3 Å². The van der Waals surface area contributed by atoms with Crippen molar-refractivity contribution < 1.29 is 13.9 Å². The molecule has 1 aliphatic rings. The molecular formula is C17H19ClO3. The van der Waals surface area contributed by atoms with E-state index >= 15 is 0 Å². The Hall–Kier alpha value is -1.48. The van der Waals surface area contributed by atoms with Crippen molar-refractivity contribution in [3.63, 3.8) is 0 Å². The summed E-state index contributed by atoms with van der Waals surface area (Å²) in [7, 11) is 0. The summed E-state index contributed by atoms with van der Waals surface area (Å²) in [5.41, 5.74) is 2.13. The molecule has 0 bridgehead atoms. The van der Waals surface area contributed by atoms with Crippen molar-refractivity contribution in [3.05, 3.63) is 34.5 Å². The third-order valence-corrected chi connectivity index (χ3v) is 4.65. The van der Waals surface area contributed by atoms with E-state index in [2.05, 4.69) is 0 Å². The predicted octanol–water partition coefficient (Wildman–Crippen LogP) is 4.39. The first-order valence-corrected chi connectivity index (χ1v) is 7.84. The normalized spacial score (nSPS) is 19.3. The highest BCUT2D eigenvalue weighted by atomic mass is 35.5. The molecule has 3 nitrogen and oxygen atoms in total. The smallest absolute Gasteiger partial charge is 0.308 e. The van der Waals surface area contributed by atoms with Crippen LogP contribution in [-0.2, 0) is 22.4 Å². The minimum absolute atomic E-state index is 0.0881. The molecule has 3 rings (SSSR count). The molecule has 2 unspecified atom stereocenters. The van der Waals surface area contributed by atoms with Crippen molar-refractivity contribution in [3.8, 4) is 0 Å². The topological polar surface area (TPSA) is 39.4 Å². The SMILES string of the molecule is CCOC(=O)C(C)C1CCc2c(oc3ccc(Cl)cc23)C1. The standard InChI is InChI=1S/C17H19ClO3/c1-3-20-17(19)10(2)11-4-6-13-14-9-12(18)5-7-15(14)21-16(13)8-11/h5,7,9-11H,3-4,6,8H2,1-2H3. The molecule has 2 atom stereocenters. The third-order valence-electron chi connectivity index (χ3n) is 4.41. The molecule has 0 N–H and O–H groups in total. The van der Waals surface area contributed by atoms with Crippen LogP contribution in [0.5, 0.6) is 0 Å². The minimum Gasteiger partial charge on any atom is -0.466 e. The lowest BCUT2D eigenvalue weighted by Gasteiger charge is -2.25. The highest BCUT2D eigenvalue weighted by molar-refractivity contribution is 6.31. The van der Waals surface area contributed by atoms with Gasteiger partial charge in [-0.1, -0.05) is 18.5 Å². The largest absolute Gasteiger partial charge is 0.466 e. The van der Waals surface area contributed by atoms with Gasteiger partial charge in [0.05, 0.1) is 12.5 Å². The van der Waals surface area contributed by atoms with Gasteiger partial charge in [-0.05, 0) is 43.9 Å². The number of hydrogen-bond acceptors (Lipinski definition) is 3. The molecule has 1 aliphatic carbocycles. The van der Waals surface area contributed by atoms with Gasteiger partial charge in [-0.25, -0.2) is 0 Å². The summed E-state index contributed by atoms with van der Waals surface area (Å²) in [6.07, 6.45) is 2.70. The summed E-state index contributed by atoms with van der Waals surface area (Å²) in [4.78, 5) is 11.9. The van der Waals surface area contributed by atoms with E-state index in [1.807, 2.05) is 32.0 Å². The lowest BCUT2D eigenvalue weighted by molar-refractivity contribution is -0.149. The van der Waals surface area contributed by atoms with E-state index in [0.717, 1.165) is 41.0 Å². The molecule has 21 heavy (non-hydrogen) atoms. The fourth-order valence-electron chi connectivity index (χ4n) is 3.17. The lowest BCUT2D eigenvalue weighted by atomic mass is 9.80. The van der Waals surface area contributed by atoms with Gasteiger partial charge in [0.15, 0.2) is 0 Å². The summed E-state index contributed by atoms with van der Waals surface area (Å²) in [6.45, 7) is 4.23. The van der Waals surface area contributed by atoms with Crippen molar-refractivity contribution in [1.82, 2.24) is 0 Å². The summed E-state index contributed by atoms with van der Waals surface area (Å²) in [6, 6.07) is 5.73. The molecule has 0 saturated carbocycles. The molecule has 2 aromatic rings. The second kappa shape index (κ2) is 5.72. The highest BCUT2D eigenvalue weighted by Gasteiger charge is 2.31. The van der Waals surface area contributed by atoms with Crippen LogP contribution in [0.2, 0.25) is 5.02 Å². The number of fused-ring (bicyclic) bond motifs is 3. The number of carbonyl (C=O) groups excluding carboxylic acids is 1. The molecule has 4 heteroatoms. The van der Waals surface area contributed by atoms with Gasteiger partial charge < -0.3 is 9.15 Å². The Labute approximate surface area is 129 Å². The van der Waals surface area contributed by atoms with Gasteiger partial charge in [-0.3, -0.25) is 4.79 Å². The van der Waals surface area contributed by atoms with Crippen LogP contribution < -0.4 is 0 Å². The number of carbonyl (C=O) groups is 1. The molecule has 0 amide bonds. The molecule has 1 heterocycles.